The van der Waals surface area contributed by atoms with Crippen LogP contribution in [-0.2, 0) is 4.74 Å². The summed E-state index contributed by atoms with van der Waals surface area (Å²) in [6.45, 7) is 5.06. The molecule has 4 rings (SSSR count). The number of aryl methyl sites for hydroxylation is 2. The number of benzene rings is 2. The van der Waals surface area contributed by atoms with Gasteiger partial charge in [-0.2, -0.15) is 0 Å². The number of furan rings is 1. The molecule has 9 heteroatoms. The maximum atomic E-state index is 12.8. The number of primary amides is 1. The number of rotatable bonds is 6. The van der Waals surface area contributed by atoms with E-state index in [0.29, 0.717) is 22.3 Å². The van der Waals surface area contributed by atoms with Gasteiger partial charge in [-0.05, 0) is 45.0 Å². The van der Waals surface area contributed by atoms with E-state index in [2.05, 4.69) is 5.32 Å². The number of fused-ring (bicyclic) bond motifs is 1. The van der Waals surface area contributed by atoms with Gasteiger partial charge in [0.25, 0.3) is 11.8 Å². The van der Waals surface area contributed by atoms with E-state index in [-0.39, 0.29) is 40.4 Å². The van der Waals surface area contributed by atoms with E-state index in [1.54, 1.807) is 31.2 Å². The molecule has 2 heterocycles. The summed E-state index contributed by atoms with van der Waals surface area (Å²) in [5, 5.41) is 2.97. The van der Waals surface area contributed by atoms with E-state index in [1.165, 1.54) is 25.1 Å². The van der Waals surface area contributed by atoms with Crippen molar-refractivity contribution in [1.82, 2.24) is 0 Å². The minimum absolute atomic E-state index is 0.0874. The molecule has 0 aliphatic carbocycles. The number of nitrogens with two attached hydrogens (primary N) is 1. The van der Waals surface area contributed by atoms with Crippen LogP contribution in [0.4, 0.5) is 5.88 Å². The Hall–Kier alpha value is -4.66. The molecule has 3 N–H and O–H groups in total. The van der Waals surface area contributed by atoms with Gasteiger partial charge in [0.05, 0.1) is 12.0 Å². The summed E-state index contributed by atoms with van der Waals surface area (Å²) in [5.41, 5.74) is 7.10. The maximum absolute atomic E-state index is 12.8. The predicted molar refractivity (Wildman–Crippen MR) is 129 cm³/mol. The zero-order valence-corrected chi connectivity index (χ0v) is 19.3. The summed E-state index contributed by atoms with van der Waals surface area (Å²) in [6.07, 6.45) is 0. The number of nitrogens with one attached hydrogen (secondary N) is 1. The topological polar surface area (TPSA) is 142 Å². The molecule has 9 nitrogen and oxygen atoms in total. The SMILES string of the molecule is CCOC(=O)c1c(C)oc(NC(=O)c2ccc(-c3cc(=O)c4cc(C)ccc4o3)cc2)c1C(N)=O. The third kappa shape index (κ3) is 4.56. The Kier molecular flexibility index (Phi) is 6.24. The minimum Gasteiger partial charge on any atom is -0.462 e. The van der Waals surface area contributed by atoms with Crippen molar-refractivity contribution in [2.24, 2.45) is 5.73 Å². The summed E-state index contributed by atoms with van der Waals surface area (Å²) in [5.74, 6) is -2.13. The van der Waals surface area contributed by atoms with Crippen LogP contribution in [0.3, 0.4) is 0 Å². The van der Waals surface area contributed by atoms with Crippen LogP contribution in [0.2, 0.25) is 0 Å². The van der Waals surface area contributed by atoms with E-state index < -0.39 is 17.8 Å². The molecule has 0 radical (unpaired) electrons. The van der Waals surface area contributed by atoms with Crippen LogP contribution in [-0.4, -0.2) is 24.4 Å². The van der Waals surface area contributed by atoms with Crippen LogP contribution >= 0.6 is 0 Å². The van der Waals surface area contributed by atoms with Crippen LogP contribution in [0.25, 0.3) is 22.3 Å². The lowest BCUT2D eigenvalue weighted by Crippen LogP contribution is -2.20. The van der Waals surface area contributed by atoms with Crippen molar-refractivity contribution in [3.05, 3.63) is 86.8 Å². The molecule has 0 saturated heterocycles. The van der Waals surface area contributed by atoms with Crippen molar-refractivity contribution in [2.75, 3.05) is 11.9 Å². The molecule has 0 aliphatic heterocycles. The van der Waals surface area contributed by atoms with E-state index in [1.807, 2.05) is 13.0 Å². The maximum Gasteiger partial charge on any atom is 0.342 e. The lowest BCUT2D eigenvalue weighted by atomic mass is 10.1. The summed E-state index contributed by atoms with van der Waals surface area (Å²) in [4.78, 5) is 49.5. The number of hydrogen-bond acceptors (Lipinski definition) is 7. The van der Waals surface area contributed by atoms with Crippen molar-refractivity contribution < 1.29 is 28.0 Å². The van der Waals surface area contributed by atoms with Gasteiger partial charge >= 0.3 is 5.97 Å². The zero-order chi connectivity index (χ0) is 25.3. The number of carbonyl (C=O) groups is 3. The Morgan fingerprint density at radius 2 is 1.69 bits per heavy atom. The average Bonchev–Trinajstić information content (AvgIpc) is 3.15. The molecular weight excluding hydrogens is 452 g/mol. The highest BCUT2D eigenvalue weighted by Crippen LogP contribution is 2.29. The second-order valence-corrected chi connectivity index (χ2v) is 7.83. The van der Waals surface area contributed by atoms with Crippen LogP contribution < -0.4 is 16.5 Å². The number of anilines is 1. The van der Waals surface area contributed by atoms with Crippen LogP contribution in [0, 0.1) is 13.8 Å². The second-order valence-electron chi connectivity index (χ2n) is 7.83. The number of ether oxygens (including phenoxy) is 1. The summed E-state index contributed by atoms with van der Waals surface area (Å²) in [7, 11) is 0. The first-order valence-corrected chi connectivity index (χ1v) is 10.8. The van der Waals surface area contributed by atoms with E-state index in [0.717, 1.165) is 5.56 Å². The lowest BCUT2D eigenvalue weighted by molar-refractivity contribution is 0.0521. The van der Waals surface area contributed by atoms with Gasteiger partial charge in [0.2, 0.25) is 5.88 Å². The van der Waals surface area contributed by atoms with Gasteiger partial charge in [0.1, 0.15) is 28.2 Å². The molecule has 35 heavy (non-hydrogen) atoms. The first-order valence-electron chi connectivity index (χ1n) is 10.8. The molecule has 0 atom stereocenters. The van der Waals surface area contributed by atoms with Gasteiger partial charge < -0.3 is 19.3 Å². The molecule has 2 amide bonds. The third-order valence-electron chi connectivity index (χ3n) is 5.35. The first-order chi connectivity index (χ1) is 16.7. The first kappa shape index (κ1) is 23.5. The molecule has 178 valence electrons. The molecule has 0 saturated carbocycles. The Morgan fingerprint density at radius 1 is 0.971 bits per heavy atom. The Balaban J connectivity index is 1.61. The summed E-state index contributed by atoms with van der Waals surface area (Å²) >= 11 is 0. The summed E-state index contributed by atoms with van der Waals surface area (Å²) in [6, 6.07) is 13.1. The van der Waals surface area contributed by atoms with Gasteiger partial charge in [0.15, 0.2) is 5.43 Å². The predicted octanol–water partition coefficient (Wildman–Crippen LogP) is 4.20. The molecule has 2 aromatic carbocycles. The van der Waals surface area contributed by atoms with E-state index in [9.17, 15) is 19.2 Å². The highest BCUT2D eigenvalue weighted by atomic mass is 16.5. The van der Waals surface area contributed by atoms with E-state index >= 15 is 0 Å². The highest BCUT2D eigenvalue weighted by Gasteiger charge is 2.29. The number of amides is 2. The normalized spacial score (nSPS) is 10.8. The fraction of sp³-hybridized carbons (Fsp3) is 0.154. The Labute approximate surface area is 199 Å². The van der Waals surface area contributed by atoms with Crippen molar-refractivity contribution in [3.63, 3.8) is 0 Å². The molecular formula is C26H22N2O7. The van der Waals surface area contributed by atoms with Gasteiger partial charge in [-0.25, -0.2) is 4.79 Å². The van der Waals surface area contributed by atoms with Gasteiger partial charge in [-0.15, -0.1) is 0 Å². The third-order valence-corrected chi connectivity index (χ3v) is 5.35. The van der Waals surface area contributed by atoms with Gasteiger partial charge in [-0.1, -0.05) is 23.8 Å². The monoisotopic (exact) mass is 474 g/mol. The van der Waals surface area contributed by atoms with Crippen molar-refractivity contribution in [3.8, 4) is 11.3 Å². The number of hydrogen-bond donors (Lipinski definition) is 2. The molecule has 2 aromatic heterocycles. The van der Waals surface area contributed by atoms with Gasteiger partial charge in [-0.3, -0.25) is 19.7 Å². The number of esters is 1. The van der Waals surface area contributed by atoms with Crippen molar-refractivity contribution in [1.29, 1.82) is 0 Å². The Morgan fingerprint density at radius 3 is 2.34 bits per heavy atom. The van der Waals surface area contributed by atoms with Crippen molar-refractivity contribution >= 4 is 34.6 Å². The summed E-state index contributed by atoms with van der Waals surface area (Å²) < 4.78 is 16.3. The largest absolute Gasteiger partial charge is 0.462 e. The second kappa shape index (κ2) is 9.30. The fourth-order valence-corrected chi connectivity index (χ4v) is 3.69. The lowest BCUT2D eigenvalue weighted by Gasteiger charge is -2.07. The molecule has 0 bridgehead atoms. The molecule has 0 fully saturated rings. The quantitative estimate of drug-likeness (QED) is 0.399. The molecule has 0 aliphatic rings. The number of carbonyl (C=O) groups excluding carboxylic acids is 3. The molecule has 0 unspecified atom stereocenters. The van der Waals surface area contributed by atoms with E-state index in [4.69, 9.17) is 19.3 Å². The smallest absolute Gasteiger partial charge is 0.342 e. The highest BCUT2D eigenvalue weighted by molar-refractivity contribution is 6.12. The molecule has 4 aromatic rings. The Bertz CT molecular complexity index is 1530. The fourth-order valence-electron chi connectivity index (χ4n) is 3.69. The standard InChI is InChI=1S/C26H22N2O7/c1-4-33-26(32)21-14(3)34-25(22(21)23(27)30)28-24(31)16-8-6-15(7-9-16)20-12-18(29)17-11-13(2)5-10-19(17)35-20/h5-12H,4H2,1-3H3,(H2,27,30)(H,28,31). The van der Waals surface area contributed by atoms with Crippen LogP contribution in [0.1, 0.15) is 49.3 Å². The van der Waals surface area contributed by atoms with Crippen LogP contribution in [0.5, 0.6) is 0 Å². The van der Waals surface area contributed by atoms with Crippen molar-refractivity contribution in [2.45, 2.75) is 20.8 Å². The minimum atomic E-state index is -0.947. The molecule has 0 spiro atoms. The van der Waals surface area contributed by atoms with Crippen LogP contribution in [0.15, 0.2) is 62.2 Å². The van der Waals surface area contributed by atoms with Gasteiger partial charge in [0, 0.05) is 17.2 Å². The average molecular weight is 474 g/mol. The zero-order valence-electron chi connectivity index (χ0n) is 19.3.